The highest BCUT2D eigenvalue weighted by molar-refractivity contribution is 14.0. The molecule has 0 aromatic heterocycles. The molecule has 0 unspecified atom stereocenters. The van der Waals surface area contributed by atoms with Crippen LogP contribution in [0.2, 0.25) is 0 Å². The summed E-state index contributed by atoms with van der Waals surface area (Å²) in [5.41, 5.74) is 0.916. The molecule has 27 heavy (non-hydrogen) atoms. The first-order valence-corrected chi connectivity index (χ1v) is 9.66. The molecule has 7 heteroatoms. The highest BCUT2D eigenvalue weighted by atomic mass is 127. The molecule has 0 heterocycles. The Morgan fingerprint density at radius 2 is 1.96 bits per heavy atom. The molecule has 0 atom stereocenters. The van der Waals surface area contributed by atoms with E-state index in [1.165, 1.54) is 32.1 Å². The number of halogens is 1. The van der Waals surface area contributed by atoms with Crippen LogP contribution in [0.1, 0.15) is 39.0 Å². The molecule has 2 rings (SSSR count). The topological polar surface area (TPSA) is 58.1 Å². The van der Waals surface area contributed by atoms with Crippen LogP contribution in [0.15, 0.2) is 23.2 Å². The lowest BCUT2D eigenvalue weighted by molar-refractivity contribution is 0.194. The van der Waals surface area contributed by atoms with E-state index in [1.54, 1.807) is 14.2 Å². The third-order valence-corrected chi connectivity index (χ3v) is 4.90. The lowest BCUT2D eigenvalue weighted by Crippen LogP contribution is -2.41. The minimum absolute atomic E-state index is 0. The number of benzene rings is 1. The van der Waals surface area contributed by atoms with Gasteiger partial charge in [0, 0.05) is 37.9 Å². The zero-order valence-electron chi connectivity index (χ0n) is 17.1. The highest BCUT2D eigenvalue weighted by Gasteiger charge is 2.17. The molecule has 0 bridgehead atoms. The van der Waals surface area contributed by atoms with E-state index >= 15 is 0 Å². The van der Waals surface area contributed by atoms with Crippen molar-refractivity contribution in [2.45, 2.75) is 45.1 Å². The summed E-state index contributed by atoms with van der Waals surface area (Å²) in [4.78, 5) is 6.78. The van der Waals surface area contributed by atoms with Gasteiger partial charge in [-0.1, -0.05) is 19.3 Å². The van der Waals surface area contributed by atoms with Gasteiger partial charge >= 0.3 is 0 Å². The summed E-state index contributed by atoms with van der Waals surface area (Å²) in [5, 5.41) is 6.70. The van der Waals surface area contributed by atoms with Crippen molar-refractivity contribution in [1.29, 1.82) is 0 Å². The number of methoxy groups -OCH3 is 1. The Kier molecular flexibility index (Phi) is 11.5. The van der Waals surface area contributed by atoms with Crippen molar-refractivity contribution < 1.29 is 9.47 Å². The van der Waals surface area contributed by atoms with Crippen molar-refractivity contribution in [2.24, 2.45) is 4.99 Å². The minimum atomic E-state index is 0. The molecule has 154 valence electrons. The molecule has 1 aromatic rings. The Bertz CT molecular complexity index is 577. The fourth-order valence-electron chi connectivity index (χ4n) is 3.39. The zero-order chi connectivity index (χ0) is 18.8. The van der Waals surface area contributed by atoms with Gasteiger partial charge in [-0.15, -0.1) is 24.0 Å². The number of aliphatic imine (C=N–C) groups is 1. The molecule has 6 nitrogen and oxygen atoms in total. The van der Waals surface area contributed by atoms with Gasteiger partial charge in [0.05, 0.1) is 13.7 Å². The van der Waals surface area contributed by atoms with Crippen molar-refractivity contribution in [3.05, 3.63) is 18.2 Å². The van der Waals surface area contributed by atoms with E-state index in [4.69, 9.17) is 9.47 Å². The SMILES string of the molecule is CCOc1ccc(NC(=NC)NCCN(C)C2CCCCC2)cc1OC.I. The van der Waals surface area contributed by atoms with Gasteiger partial charge in [-0.2, -0.15) is 0 Å². The van der Waals surface area contributed by atoms with Crippen LogP contribution in [0.25, 0.3) is 0 Å². The number of anilines is 1. The zero-order valence-corrected chi connectivity index (χ0v) is 19.4. The first kappa shape index (κ1) is 23.8. The van der Waals surface area contributed by atoms with Crippen molar-refractivity contribution >= 4 is 35.6 Å². The summed E-state index contributed by atoms with van der Waals surface area (Å²) in [7, 11) is 5.66. The average molecular weight is 490 g/mol. The Morgan fingerprint density at radius 3 is 2.59 bits per heavy atom. The van der Waals surface area contributed by atoms with E-state index in [-0.39, 0.29) is 24.0 Å². The van der Waals surface area contributed by atoms with Crippen LogP contribution in [0.3, 0.4) is 0 Å². The van der Waals surface area contributed by atoms with E-state index in [0.717, 1.165) is 36.5 Å². The van der Waals surface area contributed by atoms with Crippen LogP contribution in [0.5, 0.6) is 11.5 Å². The van der Waals surface area contributed by atoms with Gasteiger partial charge in [-0.05, 0) is 38.9 Å². The largest absolute Gasteiger partial charge is 0.493 e. The van der Waals surface area contributed by atoms with E-state index < -0.39 is 0 Å². The molecule has 1 aliphatic rings. The molecule has 0 amide bonds. The standard InChI is InChI=1S/C20H34N4O2.HI/c1-5-26-18-12-11-16(15-19(18)25-4)23-20(21-2)22-13-14-24(3)17-9-7-6-8-10-17;/h11-12,15,17H,5-10,13-14H2,1-4H3,(H2,21,22,23);1H. The summed E-state index contributed by atoms with van der Waals surface area (Å²) in [6.07, 6.45) is 6.78. The van der Waals surface area contributed by atoms with Gasteiger partial charge in [0.15, 0.2) is 17.5 Å². The van der Waals surface area contributed by atoms with Gasteiger partial charge in [-0.25, -0.2) is 0 Å². The van der Waals surface area contributed by atoms with E-state index in [9.17, 15) is 0 Å². The van der Waals surface area contributed by atoms with E-state index in [1.807, 2.05) is 25.1 Å². The maximum atomic E-state index is 5.56. The first-order valence-electron chi connectivity index (χ1n) is 9.66. The second kappa shape index (κ2) is 13.0. The lowest BCUT2D eigenvalue weighted by Gasteiger charge is -2.31. The quantitative estimate of drug-likeness (QED) is 0.328. The number of nitrogens with zero attached hydrogens (tertiary/aromatic N) is 2. The van der Waals surface area contributed by atoms with Gasteiger partial charge in [0.1, 0.15) is 0 Å². The first-order chi connectivity index (χ1) is 12.7. The number of ether oxygens (including phenoxy) is 2. The summed E-state index contributed by atoms with van der Waals surface area (Å²) >= 11 is 0. The van der Waals surface area contributed by atoms with Crippen LogP contribution >= 0.6 is 24.0 Å². The fraction of sp³-hybridized carbons (Fsp3) is 0.650. The van der Waals surface area contributed by atoms with E-state index in [2.05, 4.69) is 27.6 Å². The number of nitrogens with one attached hydrogen (secondary N) is 2. The number of hydrogen-bond donors (Lipinski definition) is 2. The summed E-state index contributed by atoms with van der Waals surface area (Å²) in [6.45, 7) is 4.45. The fourth-order valence-corrected chi connectivity index (χ4v) is 3.39. The normalized spacial score (nSPS) is 15.2. The van der Waals surface area contributed by atoms with Gasteiger partial charge in [0.25, 0.3) is 0 Å². The Labute approximate surface area is 181 Å². The predicted molar refractivity (Wildman–Crippen MR) is 124 cm³/mol. The summed E-state index contributed by atoms with van der Waals surface area (Å²) < 4.78 is 11.0. The van der Waals surface area contributed by atoms with Crippen LogP contribution in [-0.4, -0.2) is 57.8 Å². The van der Waals surface area contributed by atoms with Crippen molar-refractivity contribution in [2.75, 3.05) is 46.2 Å². The van der Waals surface area contributed by atoms with Crippen molar-refractivity contribution in [3.8, 4) is 11.5 Å². The molecule has 1 aliphatic carbocycles. The van der Waals surface area contributed by atoms with Gasteiger partial charge in [-0.3, -0.25) is 4.99 Å². The van der Waals surface area contributed by atoms with Crippen LogP contribution in [-0.2, 0) is 0 Å². The number of rotatable bonds is 8. The molecule has 2 N–H and O–H groups in total. The molecular weight excluding hydrogens is 455 g/mol. The van der Waals surface area contributed by atoms with Crippen LogP contribution in [0.4, 0.5) is 5.69 Å². The Hall–Kier alpha value is -1.22. The minimum Gasteiger partial charge on any atom is -0.493 e. The van der Waals surface area contributed by atoms with Gasteiger partial charge < -0.3 is 25.0 Å². The van der Waals surface area contributed by atoms with Crippen molar-refractivity contribution in [3.63, 3.8) is 0 Å². The summed E-state index contributed by atoms with van der Waals surface area (Å²) in [6, 6.07) is 6.53. The predicted octanol–water partition coefficient (Wildman–Crippen LogP) is 3.96. The second-order valence-electron chi connectivity index (χ2n) is 6.70. The number of guanidine groups is 1. The molecule has 1 saturated carbocycles. The highest BCUT2D eigenvalue weighted by Crippen LogP contribution is 2.30. The van der Waals surface area contributed by atoms with Crippen LogP contribution < -0.4 is 20.1 Å². The van der Waals surface area contributed by atoms with Gasteiger partial charge in [0.2, 0.25) is 0 Å². The molecule has 0 aliphatic heterocycles. The van der Waals surface area contributed by atoms with Crippen molar-refractivity contribution in [1.82, 2.24) is 10.2 Å². The maximum Gasteiger partial charge on any atom is 0.195 e. The Morgan fingerprint density at radius 1 is 1.22 bits per heavy atom. The van der Waals surface area contributed by atoms with E-state index in [0.29, 0.717) is 12.4 Å². The monoisotopic (exact) mass is 490 g/mol. The molecule has 0 radical (unpaired) electrons. The smallest absolute Gasteiger partial charge is 0.195 e. The number of hydrogen-bond acceptors (Lipinski definition) is 4. The number of likely N-dealkylation sites (N-methyl/N-ethyl adjacent to an activating group) is 1. The summed E-state index contributed by atoms with van der Waals surface area (Å²) in [5.74, 6) is 2.22. The van der Waals surface area contributed by atoms with Crippen LogP contribution in [0, 0.1) is 0 Å². The second-order valence-corrected chi connectivity index (χ2v) is 6.70. The molecule has 1 fully saturated rings. The molecule has 1 aromatic carbocycles. The molecule has 0 spiro atoms. The lowest BCUT2D eigenvalue weighted by atomic mass is 9.94. The average Bonchev–Trinajstić information content (AvgIpc) is 2.68. The third kappa shape index (κ3) is 7.73. The molecule has 0 saturated heterocycles. The third-order valence-electron chi connectivity index (χ3n) is 4.90. The Balaban J connectivity index is 0.00000364. The maximum absolute atomic E-state index is 5.56. The molecular formula is C20H35IN4O2.